The quantitative estimate of drug-likeness (QED) is 0.146. The summed E-state index contributed by atoms with van der Waals surface area (Å²) in [5.74, 6) is -0.229. The van der Waals surface area contributed by atoms with Gasteiger partial charge in [0.2, 0.25) is 0 Å². The molecule has 3 aromatic rings. The molecule has 4 rings (SSSR count). The average Bonchev–Trinajstić information content (AvgIpc) is 2.99. The fourth-order valence-corrected chi connectivity index (χ4v) is 5.94. The third-order valence-corrected chi connectivity index (χ3v) is 8.63. The van der Waals surface area contributed by atoms with Crippen LogP contribution in [0.25, 0.3) is 5.57 Å². The molecule has 214 valence electrons. The van der Waals surface area contributed by atoms with Crippen LogP contribution in [0.1, 0.15) is 22.3 Å². The molecule has 0 aliphatic carbocycles. The van der Waals surface area contributed by atoms with Crippen molar-refractivity contribution in [3.8, 4) is 0 Å². The maximum absolute atomic E-state index is 12.9. The van der Waals surface area contributed by atoms with E-state index in [9.17, 15) is 28.1 Å². The number of rotatable bonds is 10. The van der Waals surface area contributed by atoms with Crippen LogP contribution in [0.3, 0.4) is 0 Å². The first kappa shape index (κ1) is 29.6. The highest BCUT2D eigenvalue weighted by atomic mass is 32.2. The molecule has 0 spiro atoms. The second-order valence-electron chi connectivity index (χ2n) is 8.93. The number of anilines is 1. The number of thioether (sulfide) groups is 1. The van der Waals surface area contributed by atoms with Gasteiger partial charge in [-0.3, -0.25) is 14.9 Å². The van der Waals surface area contributed by atoms with Crippen LogP contribution in [0.5, 0.6) is 0 Å². The molecule has 13 heteroatoms. The first-order valence-electron chi connectivity index (χ1n) is 12.6. The van der Waals surface area contributed by atoms with Crippen molar-refractivity contribution in [3.63, 3.8) is 0 Å². The van der Waals surface area contributed by atoms with Crippen molar-refractivity contribution < 1.29 is 27.7 Å². The number of hydrogen-bond acceptors (Lipinski definition) is 9. The van der Waals surface area contributed by atoms with Gasteiger partial charge in [0.05, 0.1) is 16.9 Å². The molecule has 41 heavy (non-hydrogen) atoms. The van der Waals surface area contributed by atoms with Crippen molar-refractivity contribution in [1.82, 2.24) is 9.62 Å². The molecule has 2 N–H and O–H groups in total. The van der Waals surface area contributed by atoms with Crippen molar-refractivity contribution >= 4 is 50.7 Å². The molecule has 0 fully saturated rings. The van der Waals surface area contributed by atoms with Gasteiger partial charge in [0, 0.05) is 41.9 Å². The number of sulfonamides is 1. The molecule has 0 bridgehead atoms. The molecular weight excluding hydrogens is 568 g/mol. The fourth-order valence-electron chi connectivity index (χ4n) is 4.15. The zero-order valence-corrected chi connectivity index (χ0v) is 23.7. The molecule has 11 nitrogen and oxygen atoms in total. The van der Waals surface area contributed by atoms with Crippen LogP contribution >= 0.6 is 11.8 Å². The van der Waals surface area contributed by atoms with Crippen molar-refractivity contribution in [3.05, 3.63) is 100 Å². The van der Waals surface area contributed by atoms with E-state index in [0.29, 0.717) is 31.8 Å². The normalized spacial score (nSPS) is 13.2. The fraction of sp³-hybridized carbons (Fsp3) is 0.214. The monoisotopic (exact) mass is 596 g/mol. The highest BCUT2D eigenvalue weighted by Crippen LogP contribution is 2.28. The summed E-state index contributed by atoms with van der Waals surface area (Å²) < 4.78 is 32.5. The van der Waals surface area contributed by atoms with E-state index in [2.05, 4.69) is 5.32 Å². The summed E-state index contributed by atoms with van der Waals surface area (Å²) >= 11 is 1.58. The van der Waals surface area contributed by atoms with Gasteiger partial charge < -0.3 is 15.0 Å². The van der Waals surface area contributed by atoms with E-state index in [-0.39, 0.29) is 11.3 Å². The maximum Gasteiger partial charge on any atom is 0.409 e. The second kappa shape index (κ2) is 13.3. The highest BCUT2D eigenvalue weighted by Gasteiger charge is 2.24. The number of amides is 2. The van der Waals surface area contributed by atoms with Crippen molar-refractivity contribution in [2.75, 3.05) is 37.8 Å². The molecule has 3 aromatic carbocycles. The lowest BCUT2D eigenvalue weighted by atomic mass is 9.98. The number of hydrogen-bond donors (Lipinski definition) is 2. The SMILES string of the molecule is COC(=O)N1CC=C(c2ccc(C(=O)NS(=O)(=O)c3ccc(NCCSc4ccccc4)c([N+](=O)[O-])c3)cc2)CC1. The van der Waals surface area contributed by atoms with Gasteiger partial charge in [-0.25, -0.2) is 17.9 Å². The smallest absolute Gasteiger partial charge is 0.409 e. The Morgan fingerprint density at radius 1 is 1.07 bits per heavy atom. The van der Waals surface area contributed by atoms with Crippen molar-refractivity contribution in [2.45, 2.75) is 16.2 Å². The van der Waals surface area contributed by atoms with Crippen molar-refractivity contribution in [1.29, 1.82) is 0 Å². The van der Waals surface area contributed by atoms with Crippen LogP contribution in [0.2, 0.25) is 0 Å². The van der Waals surface area contributed by atoms with Gasteiger partial charge in [-0.15, -0.1) is 11.8 Å². The Balaban J connectivity index is 1.39. The zero-order chi connectivity index (χ0) is 29.4. The van der Waals surface area contributed by atoms with Crippen LogP contribution in [0, 0.1) is 10.1 Å². The van der Waals surface area contributed by atoms with Crippen molar-refractivity contribution in [2.24, 2.45) is 0 Å². The number of benzene rings is 3. The molecule has 0 aromatic heterocycles. The van der Waals surface area contributed by atoms with E-state index in [1.54, 1.807) is 28.8 Å². The predicted molar refractivity (Wildman–Crippen MR) is 156 cm³/mol. The molecule has 0 saturated heterocycles. The third-order valence-electron chi connectivity index (χ3n) is 6.29. The summed E-state index contributed by atoms with van der Waals surface area (Å²) in [6, 6.07) is 19.5. The van der Waals surface area contributed by atoms with E-state index in [4.69, 9.17) is 4.74 Å². The number of carbonyl (C=O) groups excluding carboxylic acids is 2. The van der Waals surface area contributed by atoms with E-state index in [1.807, 2.05) is 41.1 Å². The van der Waals surface area contributed by atoms with Crippen LogP contribution < -0.4 is 10.0 Å². The lowest BCUT2D eigenvalue weighted by molar-refractivity contribution is -0.384. The molecule has 2 amide bonds. The molecule has 1 aliphatic rings. The van der Waals surface area contributed by atoms with E-state index < -0.39 is 37.5 Å². The van der Waals surface area contributed by atoms with Gasteiger partial charge >= 0.3 is 6.09 Å². The molecule has 1 heterocycles. The predicted octanol–water partition coefficient (Wildman–Crippen LogP) is 4.77. The number of methoxy groups -OCH3 is 1. The van der Waals surface area contributed by atoms with Gasteiger partial charge in [-0.2, -0.15) is 0 Å². The molecular formula is C28H28N4O7S2. The second-order valence-corrected chi connectivity index (χ2v) is 11.8. The minimum atomic E-state index is -4.39. The Morgan fingerprint density at radius 2 is 1.80 bits per heavy atom. The Bertz CT molecular complexity index is 1560. The van der Waals surface area contributed by atoms with Crippen LogP contribution in [0.15, 0.2) is 88.7 Å². The third kappa shape index (κ3) is 7.64. The average molecular weight is 597 g/mol. The summed E-state index contributed by atoms with van der Waals surface area (Å²) in [6.07, 6.45) is 2.10. The molecule has 1 aliphatic heterocycles. The molecule has 0 radical (unpaired) electrons. The van der Waals surface area contributed by atoms with Gasteiger partial charge in [0.15, 0.2) is 0 Å². The first-order chi connectivity index (χ1) is 19.7. The number of ether oxygens (including phenoxy) is 1. The summed E-state index contributed by atoms with van der Waals surface area (Å²) in [5.41, 5.74) is 1.70. The van der Waals surface area contributed by atoms with Crippen LogP contribution in [0.4, 0.5) is 16.2 Å². The Kier molecular flexibility index (Phi) is 9.63. The summed E-state index contributed by atoms with van der Waals surface area (Å²) in [7, 11) is -3.06. The van der Waals surface area contributed by atoms with E-state index in [1.165, 1.54) is 31.4 Å². The molecule has 0 unspecified atom stereocenters. The van der Waals surface area contributed by atoms with Gasteiger partial charge in [0.25, 0.3) is 21.6 Å². The lowest BCUT2D eigenvalue weighted by Gasteiger charge is -2.25. The summed E-state index contributed by atoms with van der Waals surface area (Å²) in [5, 5.41) is 14.7. The maximum atomic E-state index is 12.9. The number of nitrogens with one attached hydrogen (secondary N) is 2. The number of carbonyl (C=O) groups is 2. The molecule has 0 saturated carbocycles. The van der Waals surface area contributed by atoms with Crippen LogP contribution in [-0.2, 0) is 14.8 Å². The van der Waals surface area contributed by atoms with Crippen LogP contribution in [-0.4, -0.2) is 62.7 Å². The Labute approximate surface area is 241 Å². The highest BCUT2D eigenvalue weighted by molar-refractivity contribution is 7.99. The lowest BCUT2D eigenvalue weighted by Crippen LogP contribution is -2.34. The molecule has 0 atom stereocenters. The topological polar surface area (TPSA) is 148 Å². The van der Waals surface area contributed by atoms with E-state index in [0.717, 1.165) is 22.1 Å². The Morgan fingerprint density at radius 3 is 2.44 bits per heavy atom. The first-order valence-corrected chi connectivity index (χ1v) is 15.0. The Hall–Kier alpha value is -4.36. The van der Waals surface area contributed by atoms with Gasteiger partial charge in [-0.05, 0) is 54.0 Å². The van der Waals surface area contributed by atoms with Gasteiger partial charge in [0.1, 0.15) is 5.69 Å². The summed E-state index contributed by atoms with van der Waals surface area (Å²) in [4.78, 5) is 37.6. The summed E-state index contributed by atoms with van der Waals surface area (Å²) in [6.45, 7) is 1.31. The number of nitro benzene ring substituents is 1. The number of nitrogens with zero attached hydrogens (tertiary/aromatic N) is 2. The zero-order valence-electron chi connectivity index (χ0n) is 22.1. The number of nitro groups is 1. The standard InChI is InChI=1S/C28H28N4O7S2/c1-39-28(34)31-16-13-21(14-17-31)20-7-9-22(10-8-20)27(33)30-41(37,38)24-11-12-25(26(19-24)32(35)36)29-15-18-40-23-5-3-2-4-6-23/h2-13,19,29H,14-18H2,1H3,(H,30,33). The largest absolute Gasteiger partial charge is 0.453 e. The minimum Gasteiger partial charge on any atom is -0.453 e. The van der Waals surface area contributed by atoms with Gasteiger partial charge in [-0.1, -0.05) is 36.4 Å². The van der Waals surface area contributed by atoms with E-state index >= 15 is 0 Å². The minimum absolute atomic E-state index is 0.105.